The van der Waals surface area contributed by atoms with Crippen molar-refractivity contribution < 1.29 is 28.6 Å². The largest absolute Gasteiger partial charge is 0.507 e. The van der Waals surface area contributed by atoms with E-state index in [2.05, 4.69) is 4.98 Å². The lowest BCUT2D eigenvalue weighted by Crippen LogP contribution is -2.30. The molecule has 3 aromatic rings. The number of hydrogen-bond donors (Lipinski definition) is 1. The first-order valence-electron chi connectivity index (χ1n) is 10.2. The van der Waals surface area contributed by atoms with Crippen molar-refractivity contribution in [1.29, 1.82) is 0 Å². The van der Waals surface area contributed by atoms with E-state index < -0.39 is 29.3 Å². The van der Waals surface area contributed by atoms with Crippen LogP contribution in [0.4, 0.5) is 4.39 Å². The molecule has 1 N–H and O–H groups in total. The van der Waals surface area contributed by atoms with Gasteiger partial charge in [0.05, 0.1) is 48.7 Å². The van der Waals surface area contributed by atoms with E-state index in [1.165, 1.54) is 49.5 Å². The number of likely N-dealkylation sites (tertiary alicyclic amines) is 1. The fourth-order valence-electron chi connectivity index (χ4n) is 3.92. The zero-order valence-electron chi connectivity index (χ0n) is 18.3. The molecule has 1 aliphatic heterocycles. The number of hydrogen-bond acceptors (Lipinski definition) is 6. The number of benzene rings is 2. The van der Waals surface area contributed by atoms with Crippen LogP contribution in [0.15, 0.2) is 66.4 Å². The van der Waals surface area contributed by atoms with Gasteiger partial charge in [0.25, 0.3) is 11.7 Å². The summed E-state index contributed by atoms with van der Waals surface area (Å²) in [7, 11) is 2.76. The van der Waals surface area contributed by atoms with Crippen LogP contribution in [0, 0.1) is 5.82 Å². The number of pyridine rings is 1. The van der Waals surface area contributed by atoms with Crippen LogP contribution in [0.5, 0.6) is 11.5 Å². The molecule has 2 heterocycles. The molecular weight excluding hydrogens is 463 g/mol. The SMILES string of the molecule is COc1cc(/C(O)=C2\C(=O)C(=O)N(Cc3ccccn3)C2c2ccccc2F)c(OC)cc1Cl. The van der Waals surface area contributed by atoms with E-state index in [4.69, 9.17) is 21.1 Å². The van der Waals surface area contributed by atoms with Crippen molar-refractivity contribution in [2.45, 2.75) is 12.6 Å². The molecule has 1 atom stereocenters. The average molecular weight is 483 g/mol. The van der Waals surface area contributed by atoms with Gasteiger partial charge in [-0.2, -0.15) is 0 Å². The highest BCUT2D eigenvalue weighted by atomic mass is 35.5. The van der Waals surface area contributed by atoms with Crippen LogP contribution in [0.3, 0.4) is 0 Å². The number of halogens is 2. The molecule has 174 valence electrons. The number of carbonyl (C=O) groups is 2. The first-order chi connectivity index (χ1) is 16.4. The summed E-state index contributed by atoms with van der Waals surface area (Å²) < 4.78 is 25.5. The van der Waals surface area contributed by atoms with Gasteiger partial charge in [-0.05, 0) is 24.3 Å². The Balaban J connectivity index is 1.95. The third kappa shape index (κ3) is 4.08. The van der Waals surface area contributed by atoms with Gasteiger partial charge in [0.1, 0.15) is 23.1 Å². The number of aromatic nitrogens is 1. The Labute approximate surface area is 200 Å². The van der Waals surface area contributed by atoms with Gasteiger partial charge >= 0.3 is 0 Å². The van der Waals surface area contributed by atoms with Crippen molar-refractivity contribution in [2.24, 2.45) is 0 Å². The Morgan fingerprint density at radius 1 is 1.09 bits per heavy atom. The van der Waals surface area contributed by atoms with Crippen LogP contribution in [0.25, 0.3) is 5.76 Å². The molecule has 1 aliphatic rings. The van der Waals surface area contributed by atoms with Crippen LogP contribution in [-0.2, 0) is 16.1 Å². The van der Waals surface area contributed by atoms with Gasteiger partial charge in [-0.15, -0.1) is 0 Å². The van der Waals surface area contributed by atoms with Crippen molar-refractivity contribution >= 4 is 29.1 Å². The number of methoxy groups -OCH3 is 2. The number of amides is 1. The Hall–Kier alpha value is -3.91. The highest BCUT2D eigenvalue weighted by molar-refractivity contribution is 6.46. The van der Waals surface area contributed by atoms with Crippen LogP contribution < -0.4 is 9.47 Å². The highest BCUT2D eigenvalue weighted by Crippen LogP contribution is 2.44. The molecule has 9 heteroatoms. The number of nitrogens with zero attached hydrogens (tertiary/aromatic N) is 2. The summed E-state index contributed by atoms with van der Waals surface area (Å²) in [4.78, 5) is 31.7. The van der Waals surface area contributed by atoms with E-state index in [0.29, 0.717) is 5.69 Å². The molecule has 0 aliphatic carbocycles. The molecule has 0 spiro atoms. The molecule has 0 radical (unpaired) electrons. The van der Waals surface area contributed by atoms with Gasteiger partial charge in [-0.1, -0.05) is 35.9 Å². The zero-order valence-corrected chi connectivity index (χ0v) is 19.0. The van der Waals surface area contributed by atoms with E-state index >= 15 is 0 Å². The quantitative estimate of drug-likeness (QED) is 0.316. The summed E-state index contributed by atoms with van der Waals surface area (Å²) in [5.41, 5.74) is 0.338. The van der Waals surface area contributed by atoms with Gasteiger partial charge in [-0.3, -0.25) is 14.6 Å². The molecule has 4 rings (SSSR count). The van der Waals surface area contributed by atoms with E-state index in [0.717, 1.165) is 0 Å². The molecule has 2 aromatic carbocycles. The fraction of sp³-hybridized carbons (Fsp3) is 0.160. The lowest BCUT2D eigenvalue weighted by Gasteiger charge is -2.25. The molecular formula is C25H20ClFN2O5. The van der Waals surface area contributed by atoms with Gasteiger partial charge < -0.3 is 19.5 Å². The summed E-state index contributed by atoms with van der Waals surface area (Å²) in [6.07, 6.45) is 1.55. The summed E-state index contributed by atoms with van der Waals surface area (Å²) >= 11 is 6.17. The Bertz CT molecular complexity index is 1300. The number of ketones is 1. The second-order valence-corrected chi connectivity index (χ2v) is 7.86. The number of carbonyl (C=O) groups excluding carboxylic acids is 2. The first kappa shape index (κ1) is 23.3. The Kier molecular flexibility index (Phi) is 6.51. The molecule has 1 fully saturated rings. The minimum atomic E-state index is -1.20. The molecule has 7 nitrogen and oxygen atoms in total. The van der Waals surface area contributed by atoms with Crippen LogP contribution in [-0.4, -0.2) is 40.9 Å². The highest BCUT2D eigenvalue weighted by Gasteiger charge is 2.47. The maximum atomic E-state index is 14.9. The van der Waals surface area contributed by atoms with Crippen molar-refractivity contribution in [1.82, 2.24) is 9.88 Å². The minimum Gasteiger partial charge on any atom is -0.507 e. The van der Waals surface area contributed by atoms with Gasteiger partial charge in [0.15, 0.2) is 0 Å². The third-order valence-corrected chi connectivity index (χ3v) is 5.82. The zero-order chi connectivity index (χ0) is 24.4. The number of rotatable bonds is 6. The lowest BCUT2D eigenvalue weighted by atomic mass is 9.94. The van der Waals surface area contributed by atoms with Gasteiger partial charge in [-0.25, -0.2) is 4.39 Å². The third-order valence-electron chi connectivity index (χ3n) is 5.53. The maximum absolute atomic E-state index is 14.9. The predicted molar refractivity (Wildman–Crippen MR) is 123 cm³/mol. The second-order valence-electron chi connectivity index (χ2n) is 7.46. The van der Waals surface area contributed by atoms with Crippen molar-refractivity contribution in [3.8, 4) is 11.5 Å². The molecule has 0 bridgehead atoms. The fourth-order valence-corrected chi connectivity index (χ4v) is 4.15. The summed E-state index contributed by atoms with van der Waals surface area (Å²) in [5, 5.41) is 11.5. The van der Waals surface area contributed by atoms with Crippen molar-refractivity contribution in [3.05, 3.63) is 94.0 Å². The summed E-state index contributed by atoms with van der Waals surface area (Å²) in [5.74, 6) is -2.66. The number of Topliss-reactive ketones (excluding diaryl/α,β-unsaturated/α-hetero) is 1. The second kappa shape index (κ2) is 9.52. The maximum Gasteiger partial charge on any atom is 0.296 e. The summed E-state index contributed by atoms with van der Waals surface area (Å²) in [6.45, 7) is -0.0672. The Morgan fingerprint density at radius 3 is 2.44 bits per heavy atom. The summed E-state index contributed by atoms with van der Waals surface area (Å²) in [6, 6.07) is 12.5. The topological polar surface area (TPSA) is 89.0 Å². The monoisotopic (exact) mass is 482 g/mol. The number of aliphatic hydroxyl groups is 1. The number of ether oxygens (including phenoxy) is 2. The molecule has 1 unspecified atom stereocenters. The van der Waals surface area contributed by atoms with E-state index in [9.17, 15) is 19.1 Å². The van der Waals surface area contributed by atoms with Crippen LogP contribution in [0.1, 0.15) is 22.9 Å². The van der Waals surface area contributed by atoms with Gasteiger partial charge in [0.2, 0.25) is 0 Å². The molecule has 1 saturated heterocycles. The van der Waals surface area contributed by atoms with E-state index in [-0.39, 0.29) is 39.8 Å². The van der Waals surface area contributed by atoms with E-state index in [1.807, 2.05) is 0 Å². The predicted octanol–water partition coefficient (Wildman–Crippen LogP) is 4.51. The van der Waals surface area contributed by atoms with E-state index in [1.54, 1.807) is 30.5 Å². The minimum absolute atomic E-state index is 0.0547. The van der Waals surface area contributed by atoms with Gasteiger partial charge in [0, 0.05) is 17.8 Å². The smallest absolute Gasteiger partial charge is 0.296 e. The van der Waals surface area contributed by atoms with Crippen LogP contribution >= 0.6 is 11.6 Å². The normalized spacial score (nSPS) is 17.2. The van der Waals surface area contributed by atoms with Crippen molar-refractivity contribution in [3.63, 3.8) is 0 Å². The molecule has 1 amide bonds. The molecule has 1 aromatic heterocycles. The average Bonchev–Trinajstić information content (AvgIpc) is 3.09. The molecule has 34 heavy (non-hydrogen) atoms. The standard InChI is InChI=1S/C25H20ClFN2O5/c1-33-19-12-17(26)20(34-2)11-16(19)23(30)21-22(15-8-3-4-9-18(15)27)29(25(32)24(21)31)13-14-7-5-6-10-28-14/h3-12,22,30H,13H2,1-2H3/b23-21+. The first-order valence-corrected chi connectivity index (χ1v) is 10.6. The van der Waals surface area contributed by atoms with Crippen LogP contribution in [0.2, 0.25) is 5.02 Å². The Morgan fingerprint density at radius 2 is 1.79 bits per heavy atom. The lowest BCUT2D eigenvalue weighted by molar-refractivity contribution is -0.140. The number of aliphatic hydroxyl groups excluding tert-OH is 1. The van der Waals surface area contributed by atoms with Crippen molar-refractivity contribution in [2.75, 3.05) is 14.2 Å². The molecule has 0 saturated carbocycles.